The molecule has 1 aliphatic heterocycles. The van der Waals surface area contributed by atoms with Gasteiger partial charge in [0, 0.05) is 58.9 Å². The third-order valence-electron chi connectivity index (χ3n) is 4.07. The Hall–Kier alpha value is -0.730. The van der Waals surface area contributed by atoms with Crippen LogP contribution >= 0.6 is 0 Å². The van der Waals surface area contributed by atoms with Crippen molar-refractivity contribution in [3.05, 3.63) is 0 Å². The summed E-state index contributed by atoms with van der Waals surface area (Å²) in [5.74, 6) is -0.781. The number of hydrogen-bond donors (Lipinski definition) is 2. The Balaban J connectivity index is 2.64. The third kappa shape index (κ3) is 8.65. The molecule has 7 heteroatoms. The van der Waals surface area contributed by atoms with Gasteiger partial charge in [-0.3, -0.25) is 14.6 Å². The van der Waals surface area contributed by atoms with Crippen LogP contribution in [0.2, 0.25) is 0 Å². The van der Waals surface area contributed by atoms with Gasteiger partial charge in [-0.15, -0.1) is 0 Å². The highest BCUT2D eigenvalue weighted by Gasteiger charge is 2.16. The van der Waals surface area contributed by atoms with E-state index >= 15 is 0 Å². The maximum atomic E-state index is 11.0. The molecule has 2 N–H and O–H groups in total. The number of carboxylic acids is 1. The number of β-amino-alcohol motifs (C(OH)–C–C–N with tert-alkyl or cyclic N) is 1. The van der Waals surface area contributed by atoms with Gasteiger partial charge in [-0.05, 0) is 21.0 Å². The molecule has 7 nitrogen and oxygen atoms in total. The Bertz CT molecular complexity index is 328. The minimum atomic E-state index is -0.781. The highest BCUT2D eigenvalue weighted by molar-refractivity contribution is 5.69. The Morgan fingerprint density at radius 1 is 0.909 bits per heavy atom. The number of nitrogens with zero attached hydrogens (tertiary/aromatic N) is 4. The summed E-state index contributed by atoms with van der Waals surface area (Å²) in [7, 11) is 4.20. The van der Waals surface area contributed by atoms with Gasteiger partial charge in [0.15, 0.2) is 0 Å². The van der Waals surface area contributed by atoms with Crippen LogP contribution in [0.3, 0.4) is 0 Å². The Kier molecular flexibility index (Phi) is 8.89. The maximum absolute atomic E-state index is 11.0. The molecule has 130 valence electrons. The molecular weight excluding hydrogens is 284 g/mol. The van der Waals surface area contributed by atoms with Crippen LogP contribution in [0.5, 0.6) is 0 Å². The number of hydrogen-bond acceptors (Lipinski definition) is 6. The topological polar surface area (TPSA) is 70.5 Å². The monoisotopic (exact) mass is 316 g/mol. The molecule has 1 fully saturated rings. The minimum absolute atomic E-state index is 0.0796. The molecule has 0 bridgehead atoms. The molecule has 0 aromatic heterocycles. The minimum Gasteiger partial charge on any atom is -0.480 e. The van der Waals surface area contributed by atoms with E-state index in [2.05, 4.69) is 28.8 Å². The number of likely N-dealkylation sites (N-methyl/N-ethyl adjacent to an activating group) is 2. The molecule has 0 radical (unpaired) electrons. The summed E-state index contributed by atoms with van der Waals surface area (Å²) in [6, 6.07) is 0. The van der Waals surface area contributed by atoms with E-state index in [4.69, 9.17) is 5.11 Å². The first-order chi connectivity index (χ1) is 10.4. The van der Waals surface area contributed by atoms with Crippen LogP contribution < -0.4 is 0 Å². The summed E-state index contributed by atoms with van der Waals surface area (Å²) in [6.07, 6.45) is -0.364. The van der Waals surface area contributed by atoms with Crippen molar-refractivity contribution in [2.24, 2.45) is 0 Å². The van der Waals surface area contributed by atoms with Gasteiger partial charge in [-0.25, -0.2) is 0 Å². The SMILES string of the molecule is CC(O)CN1CCN(C)CCN(C)CCN(CC(=O)O)CC1. The molecule has 0 saturated carbocycles. The summed E-state index contributed by atoms with van der Waals surface area (Å²) in [5.41, 5.74) is 0. The van der Waals surface area contributed by atoms with Crippen LogP contribution in [-0.4, -0.2) is 121 Å². The third-order valence-corrected chi connectivity index (χ3v) is 4.07. The summed E-state index contributed by atoms with van der Waals surface area (Å²) in [6.45, 7) is 9.48. The second-order valence-corrected chi connectivity index (χ2v) is 6.43. The average Bonchev–Trinajstić information content (AvgIpc) is 2.42. The van der Waals surface area contributed by atoms with Gasteiger partial charge in [0.1, 0.15) is 0 Å². The lowest BCUT2D eigenvalue weighted by Gasteiger charge is -2.32. The molecule has 0 aliphatic carbocycles. The fourth-order valence-electron chi connectivity index (χ4n) is 2.60. The molecule has 0 spiro atoms. The average molecular weight is 316 g/mol. The number of carbonyl (C=O) groups is 1. The highest BCUT2D eigenvalue weighted by atomic mass is 16.4. The number of aliphatic carboxylic acids is 1. The number of carboxylic acid groups (broad SMARTS) is 1. The van der Waals surface area contributed by atoms with E-state index in [1.54, 1.807) is 6.92 Å². The molecule has 1 aliphatic rings. The largest absolute Gasteiger partial charge is 0.480 e. The maximum Gasteiger partial charge on any atom is 0.317 e. The smallest absolute Gasteiger partial charge is 0.317 e. The van der Waals surface area contributed by atoms with E-state index in [-0.39, 0.29) is 12.6 Å². The van der Waals surface area contributed by atoms with Crippen LogP contribution in [0.4, 0.5) is 0 Å². The standard InChI is InChI=1S/C15H32N4O3/c1-14(20)12-18-8-6-16(2)4-5-17(3)7-9-19(11-10-18)13-15(21)22/h14,20H,4-13H2,1-3H3,(H,21,22). The normalized spacial score (nSPS) is 23.6. The lowest BCUT2D eigenvalue weighted by molar-refractivity contribution is -0.138. The van der Waals surface area contributed by atoms with Crippen LogP contribution in [0.25, 0.3) is 0 Å². The van der Waals surface area contributed by atoms with Gasteiger partial charge in [0.05, 0.1) is 12.6 Å². The molecule has 1 saturated heterocycles. The zero-order chi connectivity index (χ0) is 16.5. The summed E-state index contributed by atoms with van der Waals surface area (Å²) in [5, 5.41) is 18.7. The Labute approximate surface area is 134 Å². The summed E-state index contributed by atoms with van der Waals surface area (Å²) < 4.78 is 0. The van der Waals surface area contributed by atoms with Crippen LogP contribution in [0.1, 0.15) is 6.92 Å². The van der Waals surface area contributed by atoms with E-state index < -0.39 is 5.97 Å². The molecule has 1 atom stereocenters. The molecule has 1 unspecified atom stereocenters. The zero-order valence-corrected chi connectivity index (χ0v) is 14.2. The van der Waals surface area contributed by atoms with Gasteiger partial charge >= 0.3 is 5.97 Å². The fourth-order valence-corrected chi connectivity index (χ4v) is 2.60. The van der Waals surface area contributed by atoms with Crippen molar-refractivity contribution in [3.8, 4) is 0 Å². The Morgan fingerprint density at radius 3 is 1.82 bits per heavy atom. The van der Waals surface area contributed by atoms with E-state index in [1.807, 2.05) is 4.90 Å². The van der Waals surface area contributed by atoms with Crippen molar-refractivity contribution in [3.63, 3.8) is 0 Å². The zero-order valence-electron chi connectivity index (χ0n) is 14.2. The van der Waals surface area contributed by atoms with Crippen LogP contribution in [0, 0.1) is 0 Å². The van der Waals surface area contributed by atoms with Crippen molar-refractivity contribution >= 4 is 5.97 Å². The highest BCUT2D eigenvalue weighted by Crippen LogP contribution is 1.99. The van der Waals surface area contributed by atoms with Crippen molar-refractivity contribution < 1.29 is 15.0 Å². The quantitative estimate of drug-likeness (QED) is 0.684. The number of aliphatic hydroxyl groups is 1. The van der Waals surface area contributed by atoms with Gasteiger partial charge in [-0.1, -0.05) is 0 Å². The van der Waals surface area contributed by atoms with Gasteiger partial charge in [0.25, 0.3) is 0 Å². The summed E-state index contributed by atoms with van der Waals surface area (Å²) in [4.78, 5) is 19.8. The van der Waals surface area contributed by atoms with Crippen LogP contribution in [-0.2, 0) is 4.79 Å². The van der Waals surface area contributed by atoms with Gasteiger partial charge in [0.2, 0.25) is 0 Å². The first kappa shape index (κ1) is 19.3. The van der Waals surface area contributed by atoms with Crippen molar-refractivity contribution in [1.29, 1.82) is 0 Å². The molecule has 0 aromatic rings. The second kappa shape index (κ2) is 10.1. The number of aliphatic hydroxyl groups excluding tert-OH is 1. The van der Waals surface area contributed by atoms with Crippen LogP contribution in [0.15, 0.2) is 0 Å². The Morgan fingerprint density at radius 2 is 1.32 bits per heavy atom. The van der Waals surface area contributed by atoms with Crippen molar-refractivity contribution in [2.75, 3.05) is 79.5 Å². The molecular formula is C15H32N4O3. The first-order valence-corrected chi connectivity index (χ1v) is 8.08. The fraction of sp³-hybridized carbons (Fsp3) is 0.933. The molecule has 1 rings (SSSR count). The van der Waals surface area contributed by atoms with Crippen molar-refractivity contribution in [2.45, 2.75) is 13.0 Å². The molecule has 0 aromatic carbocycles. The van der Waals surface area contributed by atoms with E-state index in [0.29, 0.717) is 6.54 Å². The van der Waals surface area contributed by atoms with Crippen molar-refractivity contribution in [1.82, 2.24) is 19.6 Å². The molecule has 22 heavy (non-hydrogen) atoms. The van der Waals surface area contributed by atoms with E-state index in [9.17, 15) is 9.90 Å². The number of rotatable bonds is 4. The van der Waals surface area contributed by atoms with Gasteiger partial charge < -0.3 is 20.0 Å². The van der Waals surface area contributed by atoms with Gasteiger partial charge in [-0.2, -0.15) is 0 Å². The lowest BCUT2D eigenvalue weighted by Crippen LogP contribution is -2.46. The molecule has 0 amide bonds. The predicted octanol–water partition coefficient (Wildman–Crippen LogP) is -1.07. The lowest BCUT2D eigenvalue weighted by atomic mass is 10.3. The van der Waals surface area contributed by atoms with E-state index in [1.165, 1.54) is 0 Å². The molecule has 1 heterocycles. The summed E-state index contributed by atoms with van der Waals surface area (Å²) >= 11 is 0. The second-order valence-electron chi connectivity index (χ2n) is 6.43. The van der Waals surface area contributed by atoms with E-state index in [0.717, 1.165) is 52.4 Å². The predicted molar refractivity (Wildman–Crippen MR) is 87.2 cm³/mol. The first-order valence-electron chi connectivity index (χ1n) is 8.08.